The van der Waals surface area contributed by atoms with Crippen molar-refractivity contribution < 1.29 is 9.47 Å². The molecule has 1 atom stereocenters. The smallest absolute Gasteiger partial charge is 0.230 e. The zero-order chi connectivity index (χ0) is 9.15. The van der Waals surface area contributed by atoms with Gasteiger partial charge < -0.3 is 9.47 Å². The molecule has 1 unspecified atom stereocenters. The first-order chi connectivity index (χ1) is 6.35. The minimum Gasteiger partial charge on any atom is -0.458 e. The lowest BCUT2D eigenvalue weighted by Crippen LogP contribution is -2.34. The predicted molar refractivity (Wildman–Crippen MR) is 49.7 cm³/mol. The second-order valence-electron chi connectivity index (χ2n) is 3.27. The van der Waals surface area contributed by atoms with E-state index in [1.165, 1.54) is 0 Å². The van der Waals surface area contributed by atoms with Crippen LogP contribution in [0.25, 0.3) is 0 Å². The molecule has 13 heavy (non-hydrogen) atoms. The van der Waals surface area contributed by atoms with Gasteiger partial charge in [0.15, 0.2) is 0 Å². The Kier molecular flexibility index (Phi) is 2.12. The summed E-state index contributed by atoms with van der Waals surface area (Å²) in [6.45, 7) is 0.772. The van der Waals surface area contributed by atoms with Crippen LogP contribution < -0.4 is 0 Å². The van der Waals surface area contributed by atoms with Crippen LogP contribution in [-0.4, -0.2) is 12.4 Å². The van der Waals surface area contributed by atoms with Crippen molar-refractivity contribution in [1.82, 2.24) is 0 Å². The van der Waals surface area contributed by atoms with Crippen LogP contribution in [0.15, 0.2) is 24.0 Å². The molecule has 0 aromatic rings. The van der Waals surface area contributed by atoms with Crippen LogP contribution >= 0.6 is 0 Å². The van der Waals surface area contributed by atoms with Crippen LogP contribution in [-0.2, 0) is 9.47 Å². The van der Waals surface area contributed by atoms with Gasteiger partial charge in [0.1, 0.15) is 5.76 Å². The third-order valence-electron chi connectivity index (χ3n) is 2.28. The summed E-state index contributed by atoms with van der Waals surface area (Å²) in [5.74, 6) is 2.67. The van der Waals surface area contributed by atoms with Gasteiger partial charge in [0.05, 0.1) is 6.61 Å². The van der Waals surface area contributed by atoms with Gasteiger partial charge in [-0.1, -0.05) is 5.92 Å². The van der Waals surface area contributed by atoms with Gasteiger partial charge in [0.2, 0.25) is 5.79 Å². The SMILES string of the molecule is C#C/C=C1/C=CC2(CCCCO2)O1. The second kappa shape index (κ2) is 3.27. The van der Waals surface area contributed by atoms with Crippen LogP contribution in [0.2, 0.25) is 0 Å². The average Bonchev–Trinajstić information content (AvgIpc) is 2.51. The van der Waals surface area contributed by atoms with E-state index >= 15 is 0 Å². The molecule has 0 amide bonds. The van der Waals surface area contributed by atoms with Crippen LogP contribution in [0.4, 0.5) is 0 Å². The fourth-order valence-electron chi connectivity index (χ4n) is 1.64. The Hall–Kier alpha value is -1.20. The summed E-state index contributed by atoms with van der Waals surface area (Å²) in [6.07, 6.45) is 13.8. The summed E-state index contributed by atoms with van der Waals surface area (Å²) in [7, 11) is 0. The number of rotatable bonds is 0. The molecule has 2 rings (SSSR count). The van der Waals surface area contributed by atoms with Gasteiger partial charge in [-0.05, 0) is 25.0 Å². The van der Waals surface area contributed by atoms with E-state index in [1.54, 1.807) is 6.08 Å². The maximum atomic E-state index is 5.62. The van der Waals surface area contributed by atoms with E-state index in [-0.39, 0.29) is 0 Å². The molecule has 0 saturated carbocycles. The lowest BCUT2D eigenvalue weighted by atomic mass is 10.1. The van der Waals surface area contributed by atoms with Gasteiger partial charge in [0.25, 0.3) is 0 Å². The number of hydrogen-bond acceptors (Lipinski definition) is 2. The van der Waals surface area contributed by atoms with Crippen LogP contribution in [0.5, 0.6) is 0 Å². The standard InChI is InChI=1S/C11H12O2/c1-2-5-10-6-8-11(13-10)7-3-4-9-12-11/h1,5-6,8H,3-4,7,9H2/b10-5-. The summed E-state index contributed by atoms with van der Waals surface area (Å²) in [4.78, 5) is 0. The molecular formula is C11H12O2. The normalized spacial score (nSPS) is 34.8. The Morgan fingerprint density at radius 3 is 3.15 bits per heavy atom. The third-order valence-corrected chi connectivity index (χ3v) is 2.28. The summed E-state index contributed by atoms with van der Waals surface area (Å²) in [5, 5.41) is 0. The lowest BCUT2D eigenvalue weighted by Gasteiger charge is -2.31. The largest absolute Gasteiger partial charge is 0.458 e. The summed E-state index contributed by atoms with van der Waals surface area (Å²) < 4.78 is 11.2. The van der Waals surface area contributed by atoms with Gasteiger partial charge in [-0.15, -0.1) is 6.42 Å². The maximum Gasteiger partial charge on any atom is 0.230 e. The van der Waals surface area contributed by atoms with Crippen molar-refractivity contribution in [1.29, 1.82) is 0 Å². The Labute approximate surface area is 78.2 Å². The van der Waals surface area contributed by atoms with E-state index in [1.807, 2.05) is 12.2 Å². The number of allylic oxidation sites excluding steroid dienone is 2. The first-order valence-corrected chi connectivity index (χ1v) is 4.53. The molecule has 2 aliphatic heterocycles. The van der Waals surface area contributed by atoms with Crippen molar-refractivity contribution in [3.8, 4) is 12.3 Å². The quantitative estimate of drug-likeness (QED) is 0.525. The van der Waals surface area contributed by atoms with Crippen molar-refractivity contribution in [2.24, 2.45) is 0 Å². The summed E-state index contributed by atoms with van der Waals surface area (Å²) in [6, 6.07) is 0. The lowest BCUT2D eigenvalue weighted by molar-refractivity contribution is -0.191. The monoisotopic (exact) mass is 176 g/mol. The van der Waals surface area contributed by atoms with E-state index in [2.05, 4.69) is 5.92 Å². The van der Waals surface area contributed by atoms with Crippen molar-refractivity contribution >= 4 is 0 Å². The number of ether oxygens (including phenoxy) is 2. The van der Waals surface area contributed by atoms with E-state index in [4.69, 9.17) is 15.9 Å². The van der Waals surface area contributed by atoms with E-state index in [0.717, 1.165) is 31.6 Å². The maximum absolute atomic E-state index is 5.62. The van der Waals surface area contributed by atoms with Crippen molar-refractivity contribution in [2.45, 2.75) is 25.0 Å². The zero-order valence-electron chi connectivity index (χ0n) is 7.45. The molecule has 2 aliphatic rings. The fourth-order valence-corrected chi connectivity index (χ4v) is 1.64. The first-order valence-electron chi connectivity index (χ1n) is 4.53. The van der Waals surface area contributed by atoms with Gasteiger partial charge in [-0.3, -0.25) is 0 Å². The highest BCUT2D eigenvalue weighted by Gasteiger charge is 2.36. The van der Waals surface area contributed by atoms with Crippen LogP contribution in [0.1, 0.15) is 19.3 Å². The highest BCUT2D eigenvalue weighted by Crippen LogP contribution is 2.34. The summed E-state index contributed by atoms with van der Waals surface area (Å²) in [5.41, 5.74) is 0. The van der Waals surface area contributed by atoms with Crippen molar-refractivity contribution in [2.75, 3.05) is 6.61 Å². The van der Waals surface area contributed by atoms with Crippen LogP contribution in [0, 0.1) is 12.3 Å². The van der Waals surface area contributed by atoms with E-state index in [0.29, 0.717) is 0 Å². The van der Waals surface area contributed by atoms with Crippen molar-refractivity contribution in [3.05, 3.63) is 24.0 Å². The molecule has 2 nitrogen and oxygen atoms in total. The van der Waals surface area contributed by atoms with E-state index in [9.17, 15) is 0 Å². The fraction of sp³-hybridized carbons (Fsp3) is 0.455. The Bertz CT molecular complexity index is 288. The third kappa shape index (κ3) is 1.61. The molecule has 0 aliphatic carbocycles. The molecule has 0 N–H and O–H groups in total. The molecule has 0 bridgehead atoms. The number of terminal acetylenes is 1. The van der Waals surface area contributed by atoms with Gasteiger partial charge in [-0.2, -0.15) is 0 Å². The molecule has 68 valence electrons. The Morgan fingerprint density at radius 2 is 2.46 bits per heavy atom. The Morgan fingerprint density at radius 1 is 1.54 bits per heavy atom. The average molecular weight is 176 g/mol. The van der Waals surface area contributed by atoms with E-state index < -0.39 is 5.79 Å². The highest BCUT2D eigenvalue weighted by molar-refractivity contribution is 5.28. The molecule has 0 aromatic carbocycles. The van der Waals surface area contributed by atoms with Gasteiger partial charge in [-0.25, -0.2) is 0 Å². The summed E-state index contributed by atoms with van der Waals surface area (Å²) >= 11 is 0. The van der Waals surface area contributed by atoms with Gasteiger partial charge >= 0.3 is 0 Å². The molecule has 0 aromatic heterocycles. The topological polar surface area (TPSA) is 18.5 Å². The minimum absolute atomic E-state index is 0.499. The minimum atomic E-state index is -0.499. The zero-order valence-corrected chi connectivity index (χ0v) is 7.45. The molecule has 1 saturated heterocycles. The van der Waals surface area contributed by atoms with Crippen LogP contribution in [0.3, 0.4) is 0 Å². The first kappa shape index (κ1) is 8.40. The van der Waals surface area contributed by atoms with Crippen molar-refractivity contribution in [3.63, 3.8) is 0 Å². The number of hydrogen-bond donors (Lipinski definition) is 0. The second-order valence-corrected chi connectivity index (χ2v) is 3.27. The molecule has 1 fully saturated rings. The predicted octanol–water partition coefficient (Wildman–Crippen LogP) is 1.99. The molecule has 2 heterocycles. The highest BCUT2D eigenvalue weighted by atomic mass is 16.7. The Balaban J connectivity index is 2.09. The molecule has 2 heteroatoms. The molecular weight excluding hydrogens is 164 g/mol. The molecule has 0 radical (unpaired) electrons. The molecule has 1 spiro atoms. The van der Waals surface area contributed by atoms with Gasteiger partial charge in [0, 0.05) is 12.5 Å².